The fourth-order valence-corrected chi connectivity index (χ4v) is 6.49. The Balaban J connectivity index is 0.866. The summed E-state index contributed by atoms with van der Waals surface area (Å²) in [5.74, 6) is -1.85. The van der Waals surface area contributed by atoms with Crippen molar-refractivity contribution in [3.8, 4) is 16.9 Å². The molecule has 4 amide bonds. The van der Waals surface area contributed by atoms with Crippen molar-refractivity contribution in [2.45, 2.75) is 25.0 Å². The molecule has 3 aromatic rings. The molecule has 7 rings (SSSR count). The smallest absolute Gasteiger partial charge is 0.262 e. The Bertz CT molecular complexity index is 2010. The molecule has 2 atom stereocenters. The van der Waals surface area contributed by atoms with Crippen molar-refractivity contribution in [1.29, 1.82) is 0 Å². The molecule has 0 radical (unpaired) electrons. The number of phenolic OH excluding ortho intramolecular Hbond substituents is 1. The monoisotopic (exact) mass is 694 g/mol. The van der Waals surface area contributed by atoms with Crippen molar-refractivity contribution in [1.82, 2.24) is 19.7 Å². The highest BCUT2D eigenvalue weighted by atomic mass is 19.1. The van der Waals surface area contributed by atoms with Crippen molar-refractivity contribution in [2.75, 3.05) is 51.9 Å². The minimum absolute atomic E-state index is 0.00370. The van der Waals surface area contributed by atoms with Gasteiger partial charge in [0.05, 0.1) is 43.1 Å². The first-order valence-electron chi connectivity index (χ1n) is 16.5. The van der Waals surface area contributed by atoms with E-state index >= 15 is 0 Å². The molecule has 0 saturated carbocycles. The molecule has 2 unspecified atom stereocenters. The van der Waals surface area contributed by atoms with Gasteiger partial charge in [0.25, 0.3) is 17.7 Å². The fraction of sp³-hybridized carbons (Fsp3) is 0.297. The number of allylic oxidation sites excluding steroid dienone is 1. The van der Waals surface area contributed by atoms with Crippen molar-refractivity contribution >= 4 is 35.2 Å². The van der Waals surface area contributed by atoms with E-state index in [0.717, 1.165) is 26.6 Å². The molecule has 5 heterocycles. The number of piperidine rings is 1. The number of aliphatic imine (C=N–C) groups is 1. The molecule has 262 valence electrons. The van der Waals surface area contributed by atoms with Gasteiger partial charge in [-0.2, -0.15) is 4.39 Å². The van der Waals surface area contributed by atoms with Crippen LogP contribution in [-0.4, -0.2) is 113 Å². The first kappa shape index (κ1) is 33.6. The summed E-state index contributed by atoms with van der Waals surface area (Å²) in [6.07, 6.45) is 5.53. The molecule has 1 fully saturated rings. The number of amides is 4. The van der Waals surface area contributed by atoms with Gasteiger partial charge in [-0.3, -0.25) is 34.0 Å². The topological polar surface area (TPSA) is 145 Å². The molecule has 0 aliphatic carbocycles. The molecule has 1 saturated heterocycles. The van der Waals surface area contributed by atoms with Crippen LogP contribution in [0.5, 0.6) is 5.75 Å². The molecule has 51 heavy (non-hydrogen) atoms. The zero-order valence-electron chi connectivity index (χ0n) is 28.0. The van der Waals surface area contributed by atoms with Gasteiger partial charge in [-0.05, 0) is 60.0 Å². The summed E-state index contributed by atoms with van der Waals surface area (Å²) >= 11 is 0. The van der Waals surface area contributed by atoms with Crippen LogP contribution in [0, 0.1) is 5.95 Å². The number of hydrogen-bond acceptors (Lipinski definition) is 11. The van der Waals surface area contributed by atoms with E-state index in [9.17, 15) is 28.7 Å². The number of pyridine rings is 1. The summed E-state index contributed by atoms with van der Waals surface area (Å²) < 4.78 is 26.2. The molecular weight excluding hydrogens is 659 g/mol. The Morgan fingerprint density at radius 1 is 0.922 bits per heavy atom. The number of fused-ring (bicyclic) bond motifs is 2. The van der Waals surface area contributed by atoms with Crippen molar-refractivity contribution < 1.29 is 38.1 Å². The number of ether oxygens (including phenoxy) is 2. The maximum atomic E-state index is 14.7. The molecular formula is C37H35FN6O7. The number of anilines is 1. The van der Waals surface area contributed by atoms with E-state index in [1.807, 2.05) is 61.6 Å². The Kier molecular flexibility index (Phi) is 9.08. The van der Waals surface area contributed by atoms with Crippen LogP contribution >= 0.6 is 0 Å². The quantitative estimate of drug-likeness (QED) is 0.180. The number of hydrogen-bond donors (Lipinski definition) is 1. The van der Waals surface area contributed by atoms with Crippen molar-refractivity contribution in [3.63, 3.8) is 0 Å². The number of likely N-dealkylation sites (tertiary alicyclic amines) is 1. The molecule has 1 N–H and O–H groups in total. The first-order valence-corrected chi connectivity index (χ1v) is 16.5. The second-order valence-corrected chi connectivity index (χ2v) is 12.6. The lowest BCUT2D eigenvalue weighted by atomic mass is 10.0. The third-order valence-corrected chi connectivity index (χ3v) is 9.16. The van der Waals surface area contributed by atoms with Gasteiger partial charge in [-0.15, -0.1) is 0 Å². The molecule has 0 bridgehead atoms. The number of aromatic nitrogens is 1. The molecule has 13 nitrogen and oxygen atoms in total. The minimum Gasteiger partial charge on any atom is -0.508 e. The van der Waals surface area contributed by atoms with E-state index in [1.165, 1.54) is 18.2 Å². The summed E-state index contributed by atoms with van der Waals surface area (Å²) in [6, 6.07) is 13.8. The van der Waals surface area contributed by atoms with Crippen LogP contribution in [0.3, 0.4) is 0 Å². The Morgan fingerprint density at radius 2 is 1.67 bits per heavy atom. The van der Waals surface area contributed by atoms with Crippen LogP contribution in [0.25, 0.3) is 11.1 Å². The Hall–Kier alpha value is -5.89. The lowest BCUT2D eigenvalue weighted by molar-refractivity contribution is -0.152. The van der Waals surface area contributed by atoms with E-state index in [1.54, 1.807) is 17.0 Å². The Morgan fingerprint density at radius 3 is 2.43 bits per heavy atom. The highest BCUT2D eigenvalue weighted by molar-refractivity contribution is 6.23. The van der Waals surface area contributed by atoms with Crippen LogP contribution < -0.4 is 4.90 Å². The molecule has 1 aromatic heterocycles. The van der Waals surface area contributed by atoms with Gasteiger partial charge < -0.3 is 24.4 Å². The summed E-state index contributed by atoms with van der Waals surface area (Å²) in [5, 5.41) is 9.75. The third kappa shape index (κ3) is 6.57. The highest BCUT2D eigenvalue weighted by Crippen LogP contribution is 2.31. The first-order chi connectivity index (χ1) is 24.6. The largest absolute Gasteiger partial charge is 0.508 e. The molecule has 4 aliphatic heterocycles. The summed E-state index contributed by atoms with van der Waals surface area (Å²) in [7, 11) is 3.62. The fourth-order valence-electron chi connectivity index (χ4n) is 6.49. The van der Waals surface area contributed by atoms with Gasteiger partial charge in [0.2, 0.25) is 11.9 Å². The summed E-state index contributed by atoms with van der Waals surface area (Å²) in [5.41, 5.74) is 3.12. The predicted molar refractivity (Wildman–Crippen MR) is 183 cm³/mol. The number of nitrogens with zero attached hydrogens (tertiary/aromatic N) is 6. The van der Waals surface area contributed by atoms with Gasteiger partial charge in [-0.25, -0.2) is 4.98 Å². The molecule has 0 spiro atoms. The minimum atomic E-state index is -1.11. The zero-order valence-corrected chi connectivity index (χ0v) is 28.0. The SMILES string of the molecule is CN(C)c1ccc(-c2ccc(C3=NC4C=CC(OCCOCCN5C(=O)CCC(N6C(=O)c7ccc(O)cc7C6=O)C5=O)=CN4C3)cc2)c(F)n1. The van der Waals surface area contributed by atoms with Crippen LogP contribution in [0.2, 0.25) is 0 Å². The lowest BCUT2D eigenvalue weighted by Gasteiger charge is -2.34. The number of phenols is 1. The third-order valence-electron chi connectivity index (χ3n) is 9.16. The van der Waals surface area contributed by atoms with Gasteiger partial charge >= 0.3 is 0 Å². The zero-order chi connectivity index (χ0) is 35.8. The number of benzene rings is 2. The Labute approximate surface area is 292 Å². The van der Waals surface area contributed by atoms with E-state index < -0.39 is 35.6 Å². The number of carbonyl (C=O) groups excluding carboxylic acids is 4. The van der Waals surface area contributed by atoms with Crippen LogP contribution in [0.1, 0.15) is 39.1 Å². The molecule has 2 aromatic carbocycles. The van der Waals surface area contributed by atoms with Crippen molar-refractivity contribution in [2.24, 2.45) is 4.99 Å². The van der Waals surface area contributed by atoms with E-state index in [2.05, 4.69) is 4.98 Å². The lowest BCUT2D eigenvalue weighted by Crippen LogP contribution is -2.56. The van der Waals surface area contributed by atoms with Gasteiger partial charge in [0, 0.05) is 32.3 Å². The van der Waals surface area contributed by atoms with E-state index in [4.69, 9.17) is 14.5 Å². The summed E-state index contributed by atoms with van der Waals surface area (Å²) in [4.78, 5) is 66.3. The van der Waals surface area contributed by atoms with Crippen LogP contribution in [0.4, 0.5) is 10.2 Å². The van der Waals surface area contributed by atoms with Crippen LogP contribution in [-0.2, 0) is 19.1 Å². The van der Waals surface area contributed by atoms with Crippen LogP contribution in [0.15, 0.2) is 83.7 Å². The number of rotatable bonds is 11. The second-order valence-electron chi connectivity index (χ2n) is 12.6. The van der Waals surface area contributed by atoms with Gasteiger partial charge in [0.15, 0.2) is 0 Å². The van der Waals surface area contributed by atoms with Gasteiger partial charge in [-0.1, -0.05) is 24.3 Å². The summed E-state index contributed by atoms with van der Waals surface area (Å²) in [6.45, 7) is 0.988. The number of aromatic hydroxyl groups is 1. The average Bonchev–Trinajstić information content (AvgIpc) is 3.65. The average molecular weight is 695 g/mol. The van der Waals surface area contributed by atoms with Gasteiger partial charge in [0.1, 0.15) is 36.1 Å². The normalized spacial score (nSPS) is 19.7. The maximum Gasteiger partial charge on any atom is 0.262 e. The molecule has 14 heteroatoms. The standard InChI is InChI=1S/C37H35FN6O7/c1-41(2)31-13-10-26(34(38)40-31)22-3-5-23(6-4-22)29-21-42-20-25(8-12-32(42)39-29)51-18-17-50-16-15-43-33(46)14-11-30(37(43)49)44-35(47)27-9-7-24(45)19-28(27)36(44)48/h3-10,12-13,19-20,30,32,45H,11,14-18,21H2,1-2H3. The highest BCUT2D eigenvalue weighted by Gasteiger charge is 2.47. The number of halogens is 1. The molecule has 4 aliphatic rings. The van der Waals surface area contributed by atoms with E-state index in [0.29, 0.717) is 23.7 Å². The second kappa shape index (κ2) is 13.8. The van der Waals surface area contributed by atoms with E-state index in [-0.39, 0.29) is 62.2 Å². The number of carbonyl (C=O) groups is 4. The predicted octanol–water partition coefficient (Wildman–Crippen LogP) is 3.35. The number of imide groups is 2. The maximum absolute atomic E-state index is 14.7. The van der Waals surface area contributed by atoms with Crippen molar-refractivity contribution in [3.05, 3.63) is 101 Å².